The number of aliphatic imine (C=N–C) groups is 1. The Bertz CT molecular complexity index is 1320. The standard InChI is InChI=1S/C24H15BrN2O2S/c25-18-8-5-16(6-9-18)21-12-11-20(29-21)14-22-23(28)27-24(30-22)26-19-10-7-15-3-1-2-4-17(15)13-19/h1-14H,(H,26,27,28). The third kappa shape index (κ3) is 3.97. The van der Waals surface area contributed by atoms with Crippen LogP contribution in [-0.4, -0.2) is 11.1 Å². The molecule has 0 radical (unpaired) electrons. The van der Waals surface area contributed by atoms with Crippen molar-refractivity contribution in [1.82, 2.24) is 5.32 Å². The molecular formula is C24H15BrN2O2S. The first-order valence-electron chi connectivity index (χ1n) is 9.28. The molecule has 1 saturated heterocycles. The summed E-state index contributed by atoms with van der Waals surface area (Å²) in [5.74, 6) is 1.20. The number of amidine groups is 1. The molecule has 146 valence electrons. The number of fused-ring (bicyclic) bond motifs is 1. The fraction of sp³-hybridized carbons (Fsp3) is 0. The van der Waals surface area contributed by atoms with Crippen LogP contribution in [0.15, 0.2) is 97.7 Å². The summed E-state index contributed by atoms with van der Waals surface area (Å²) in [4.78, 5) is 17.5. The van der Waals surface area contributed by atoms with Crippen molar-refractivity contribution in [2.45, 2.75) is 0 Å². The number of nitrogens with zero attached hydrogens (tertiary/aromatic N) is 1. The maximum Gasteiger partial charge on any atom is 0.264 e. The molecule has 4 nitrogen and oxygen atoms in total. The van der Waals surface area contributed by atoms with Crippen molar-refractivity contribution < 1.29 is 9.21 Å². The zero-order valence-electron chi connectivity index (χ0n) is 15.6. The van der Waals surface area contributed by atoms with Crippen LogP contribution in [0.4, 0.5) is 5.69 Å². The van der Waals surface area contributed by atoms with E-state index in [-0.39, 0.29) is 5.91 Å². The number of carbonyl (C=O) groups excluding carboxylic acids is 1. The molecule has 5 rings (SSSR count). The zero-order chi connectivity index (χ0) is 20.5. The molecule has 30 heavy (non-hydrogen) atoms. The van der Waals surface area contributed by atoms with Crippen LogP contribution in [0.2, 0.25) is 0 Å². The largest absolute Gasteiger partial charge is 0.457 e. The molecular weight excluding hydrogens is 460 g/mol. The summed E-state index contributed by atoms with van der Waals surface area (Å²) < 4.78 is 6.91. The van der Waals surface area contributed by atoms with Gasteiger partial charge in [0, 0.05) is 16.1 Å². The molecule has 4 aromatic rings. The third-order valence-electron chi connectivity index (χ3n) is 4.64. The highest BCUT2D eigenvalue weighted by molar-refractivity contribution is 9.10. The Labute approximate surface area is 185 Å². The van der Waals surface area contributed by atoms with Gasteiger partial charge in [0.2, 0.25) is 0 Å². The van der Waals surface area contributed by atoms with Gasteiger partial charge in [-0.05, 0) is 58.9 Å². The van der Waals surface area contributed by atoms with E-state index in [2.05, 4.69) is 32.3 Å². The van der Waals surface area contributed by atoms with Gasteiger partial charge in [0.1, 0.15) is 11.5 Å². The van der Waals surface area contributed by atoms with Gasteiger partial charge in [-0.1, -0.05) is 58.4 Å². The van der Waals surface area contributed by atoms with Crippen LogP contribution in [0.5, 0.6) is 0 Å². The van der Waals surface area contributed by atoms with Gasteiger partial charge in [0.05, 0.1) is 10.6 Å². The molecule has 1 aliphatic rings. The molecule has 1 aliphatic heterocycles. The van der Waals surface area contributed by atoms with E-state index < -0.39 is 0 Å². The van der Waals surface area contributed by atoms with Gasteiger partial charge < -0.3 is 9.73 Å². The summed E-state index contributed by atoms with van der Waals surface area (Å²) in [6.07, 6.45) is 1.74. The van der Waals surface area contributed by atoms with Gasteiger partial charge in [-0.3, -0.25) is 4.79 Å². The maximum atomic E-state index is 12.4. The van der Waals surface area contributed by atoms with E-state index in [0.29, 0.717) is 15.8 Å². The topological polar surface area (TPSA) is 54.6 Å². The number of hydrogen-bond acceptors (Lipinski definition) is 4. The molecule has 0 spiro atoms. The third-order valence-corrected chi connectivity index (χ3v) is 6.08. The molecule has 3 aromatic carbocycles. The second-order valence-electron chi connectivity index (χ2n) is 6.72. The lowest BCUT2D eigenvalue weighted by Gasteiger charge is -2.00. The lowest BCUT2D eigenvalue weighted by molar-refractivity contribution is -0.115. The van der Waals surface area contributed by atoms with Gasteiger partial charge >= 0.3 is 0 Å². The lowest BCUT2D eigenvalue weighted by Crippen LogP contribution is -2.19. The van der Waals surface area contributed by atoms with Crippen LogP contribution in [0.1, 0.15) is 5.76 Å². The Balaban J connectivity index is 1.37. The predicted octanol–water partition coefficient (Wildman–Crippen LogP) is 6.75. The number of halogens is 1. The Morgan fingerprint density at radius 3 is 2.57 bits per heavy atom. The van der Waals surface area contributed by atoms with Crippen LogP contribution in [0, 0.1) is 0 Å². The number of carbonyl (C=O) groups is 1. The predicted molar refractivity (Wildman–Crippen MR) is 127 cm³/mol. The fourth-order valence-corrected chi connectivity index (χ4v) is 4.26. The van der Waals surface area contributed by atoms with Crippen molar-refractivity contribution in [1.29, 1.82) is 0 Å². The van der Waals surface area contributed by atoms with E-state index in [0.717, 1.165) is 32.3 Å². The molecule has 0 unspecified atom stereocenters. The lowest BCUT2D eigenvalue weighted by atomic mass is 10.1. The van der Waals surface area contributed by atoms with E-state index in [1.165, 1.54) is 11.8 Å². The monoisotopic (exact) mass is 474 g/mol. The number of rotatable bonds is 3. The minimum atomic E-state index is -0.180. The van der Waals surface area contributed by atoms with Crippen molar-refractivity contribution in [2.75, 3.05) is 0 Å². The van der Waals surface area contributed by atoms with Crippen molar-refractivity contribution in [3.63, 3.8) is 0 Å². The van der Waals surface area contributed by atoms with Gasteiger partial charge in [-0.2, -0.15) is 0 Å². The van der Waals surface area contributed by atoms with Crippen LogP contribution >= 0.6 is 27.7 Å². The Hall–Kier alpha value is -3.09. The first-order chi connectivity index (χ1) is 14.6. The molecule has 0 bridgehead atoms. The molecule has 1 aromatic heterocycles. The highest BCUT2D eigenvalue weighted by Crippen LogP contribution is 2.31. The van der Waals surface area contributed by atoms with Crippen LogP contribution < -0.4 is 5.32 Å². The highest BCUT2D eigenvalue weighted by Gasteiger charge is 2.24. The Morgan fingerprint density at radius 2 is 1.73 bits per heavy atom. The van der Waals surface area contributed by atoms with Gasteiger partial charge in [0.25, 0.3) is 5.91 Å². The Kier molecular flexibility index (Phi) is 5.02. The molecule has 1 fully saturated rings. The second-order valence-corrected chi connectivity index (χ2v) is 8.67. The Morgan fingerprint density at radius 1 is 0.933 bits per heavy atom. The van der Waals surface area contributed by atoms with Crippen molar-refractivity contribution in [2.24, 2.45) is 4.99 Å². The summed E-state index contributed by atoms with van der Waals surface area (Å²) >= 11 is 4.74. The number of benzene rings is 3. The van der Waals surface area contributed by atoms with E-state index in [9.17, 15) is 4.79 Å². The molecule has 0 atom stereocenters. The van der Waals surface area contributed by atoms with E-state index in [4.69, 9.17) is 4.42 Å². The average molecular weight is 475 g/mol. The summed E-state index contributed by atoms with van der Waals surface area (Å²) in [6, 6.07) is 25.7. The van der Waals surface area contributed by atoms with Crippen LogP contribution in [0.25, 0.3) is 28.2 Å². The van der Waals surface area contributed by atoms with E-state index in [1.54, 1.807) is 6.08 Å². The highest BCUT2D eigenvalue weighted by atomic mass is 79.9. The molecule has 1 N–H and O–H groups in total. The van der Waals surface area contributed by atoms with Gasteiger partial charge in [-0.15, -0.1) is 0 Å². The summed E-state index contributed by atoms with van der Waals surface area (Å²) in [5, 5.41) is 5.65. The molecule has 1 amide bonds. The first kappa shape index (κ1) is 18.9. The number of hydrogen-bond donors (Lipinski definition) is 1. The van der Waals surface area contributed by atoms with Crippen LogP contribution in [0.3, 0.4) is 0 Å². The van der Waals surface area contributed by atoms with Gasteiger partial charge in [0.15, 0.2) is 5.17 Å². The number of amides is 1. The minimum absolute atomic E-state index is 0.180. The number of nitrogens with one attached hydrogen (secondary N) is 1. The molecule has 2 heterocycles. The second kappa shape index (κ2) is 7.97. The minimum Gasteiger partial charge on any atom is -0.457 e. The number of thioether (sulfide) groups is 1. The SMILES string of the molecule is O=C1NC(=Nc2ccc3ccccc3c2)SC1=Cc1ccc(-c2ccc(Br)cc2)o1. The molecule has 6 heteroatoms. The van der Waals surface area contributed by atoms with Crippen molar-refractivity contribution >= 4 is 61.3 Å². The van der Waals surface area contributed by atoms with Crippen molar-refractivity contribution in [3.05, 3.63) is 94.0 Å². The average Bonchev–Trinajstić information content (AvgIpc) is 3.35. The fourth-order valence-electron chi connectivity index (χ4n) is 3.17. The van der Waals surface area contributed by atoms with E-state index in [1.807, 2.05) is 72.8 Å². The van der Waals surface area contributed by atoms with Gasteiger partial charge in [-0.25, -0.2) is 4.99 Å². The van der Waals surface area contributed by atoms with E-state index >= 15 is 0 Å². The molecule has 0 aliphatic carbocycles. The van der Waals surface area contributed by atoms with Crippen molar-refractivity contribution in [3.8, 4) is 11.3 Å². The maximum absolute atomic E-state index is 12.4. The summed E-state index contributed by atoms with van der Waals surface area (Å²) in [7, 11) is 0. The zero-order valence-corrected chi connectivity index (χ0v) is 18.0. The first-order valence-corrected chi connectivity index (χ1v) is 10.9. The number of furan rings is 1. The normalized spacial score (nSPS) is 16.5. The molecule has 0 saturated carbocycles. The smallest absolute Gasteiger partial charge is 0.264 e. The quantitative estimate of drug-likeness (QED) is 0.334. The summed E-state index contributed by atoms with van der Waals surface area (Å²) in [6.45, 7) is 0. The summed E-state index contributed by atoms with van der Waals surface area (Å²) in [5.41, 5.74) is 1.78. The van der Waals surface area contributed by atoms with Crippen LogP contribution in [-0.2, 0) is 4.79 Å².